The summed E-state index contributed by atoms with van der Waals surface area (Å²) in [5, 5.41) is 6.41. The quantitative estimate of drug-likeness (QED) is 0.529. The topological polar surface area (TPSA) is 106 Å². The van der Waals surface area contributed by atoms with E-state index in [-0.39, 0.29) is 18.4 Å². The average molecular weight is 511 g/mol. The van der Waals surface area contributed by atoms with Gasteiger partial charge in [0.15, 0.2) is 5.69 Å². The highest BCUT2D eigenvalue weighted by molar-refractivity contribution is 5.95. The van der Waals surface area contributed by atoms with Crippen LogP contribution in [-0.4, -0.2) is 38.0 Å². The molecule has 0 bridgehead atoms. The average Bonchev–Trinajstić information content (AvgIpc) is 3.15. The highest BCUT2D eigenvalue weighted by atomic mass is 19.4. The summed E-state index contributed by atoms with van der Waals surface area (Å²) in [7, 11) is 0. The summed E-state index contributed by atoms with van der Waals surface area (Å²) >= 11 is 0. The van der Waals surface area contributed by atoms with Gasteiger partial charge in [0, 0.05) is 30.9 Å². The molecule has 1 saturated heterocycles. The molecular weight excluding hydrogens is 485 g/mol. The SMILES string of the molecule is Nc1ccc2c(n1)CCC2NC(=O)c1cn(Cc2ccc(CN3CC4CC4C3=O)cc2)nc1C(F)(F)F. The van der Waals surface area contributed by atoms with E-state index in [2.05, 4.69) is 15.4 Å². The summed E-state index contributed by atoms with van der Waals surface area (Å²) in [5.41, 5.74) is 7.16. The van der Waals surface area contributed by atoms with Crippen LogP contribution in [0, 0.1) is 11.8 Å². The number of carbonyl (C=O) groups excluding carboxylic acids is 2. The Morgan fingerprint density at radius 2 is 1.84 bits per heavy atom. The van der Waals surface area contributed by atoms with Crippen molar-refractivity contribution in [2.24, 2.45) is 11.8 Å². The molecule has 3 unspecified atom stereocenters. The van der Waals surface area contributed by atoms with E-state index >= 15 is 0 Å². The van der Waals surface area contributed by atoms with Gasteiger partial charge in [-0.1, -0.05) is 30.3 Å². The van der Waals surface area contributed by atoms with Gasteiger partial charge in [0.25, 0.3) is 5.91 Å². The molecule has 2 aliphatic carbocycles. The molecule has 1 aromatic carbocycles. The maximum Gasteiger partial charge on any atom is 0.435 e. The summed E-state index contributed by atoms with van der Waals surface area (Å²) < 4.78 is 42.4. The van der Waals surface area contributed by atoms with Gasteiger partial charge < -0.3 is 16.0 Å². The first kappa shape index (κ1) is 23.5. The molecule has 0 spiro atoms. The van der Waals surface area contributed by atoms with Crippen LogP contribution in [0.15, 0.2) is 42.6 Å². The number of nitrogens with two attached hydrogens (primary N) is 1. The van der Waals surface area contributed by atoms with Gasteiger partial charge >= 0.3 is 6.18 Å². The van der Waals surface area contributed by atoms with Gasteiger partial charge in [-0.25, -0.2) is 4.98 Å². The number of benzene rings is 1. The fourth-order valence-electron chi connectivity index (χ4n) is 5.41. The number of rotatable bonds is 6. The van der Waals surface area contributed by atoms with E-state index in [1.165, 1.54) is 0 Å². The van der Waals surface area contributed by atoms with E-state index in [9.17, 15) is 22.8 Å². The predicted molar refractivity (Wildman–Crippen MR) is 127 cm³/mol. The van der Waals surface area contributed by atoms with Crippen LogP contribution in [0.3, 0.4) is 0 Å². The van der Waals surface area contributed by atoms with E-state index in [1.54, 1.807) is 24.3 Å². The van der Waals surface area contributed by atoms with Crippen molar-refractivity contribution in [3.63, 3.8) is 0 Å². The molecule has 11 heteroatoms. The third-order valence-corrected chi connectivity index (χ3v) is 7.40. The van der Waals surface area contributed by atoms with Crippen molar-refractivity contribution < 1.29 is 22.8 Å². The standard InChI is InChI=1S/C26H25F3N6O2/c27-26(28,29)23-19(24(36)32-21-7-6-20-17(21)5-8-22(30)31-20)13-35(33-23)11-15-3-1-14(2-4-15)10-34-12-16-9-18(16)25(34)37/h1-5,8,13,16,18,21H,6-7,9-12H2,(H2,30,31)(H,32,36). The van der Waals surface area contributed by atoms with E-state index < -0.39 is 29.4 Å². The van der Waals surface area contributed by atoms with Crippen LogP contribution in [0.1, 0.15) is 57.3 Å². The number of halogens is 3. The molecule has 3 atom stereocenters. The van der Waals surface area contributed by atoms with Gasteiger partial charge in [0.05, 0.1) is 18.2 Å². The summed E-state index contributed by atoms with van der Waals surface area (Å²) in [5.74, 6) is 0.432. The van der Waals surface area contributed by atoms with Gasteiger partial charge in [0.1, 0.15) is 5.82 Å². The monoisotopic (exact) mass is 510 g/mol. The van der Waals surface area contributed by atoms with Crippen LogP contribution in [0.25, 0.3) is 0 Å². The lowest BCUT2D eigenvalue weighted by Gasteiger charge is -2.18. The number of hydrogen-bond acceptors (Lipinski definition) is 5. The van der Waals surface area contributed by atoms with Crippen molar-refractivity contribution in [3.8, 4) is 0 Å². The number of aryl methyl sites for hydroxylation is 1. The second-order valence-corrected chi connectivity index (χ2v) is 10.1. The van der Waals surface area contributed by atoms with Crippen molar-refractivity contribution in [1.29, 1.82) is 0 Å². The zero-order valence-electron chi connectivity index (χ0n) is 19.8. The first-order valence-corrected chi connectivity index (χ1v) is 12.2. The number of nitrogen functional groups attached to an aromatic ring is 1. The Balaban J connectivity index is 1.16. The molecule has 3 aromatic rings. The Kier molecular flexibility index (Phi) is 5.46. The smallest absolute Gasteiger partial charge is 0.384 e. The van der Waals surface area contributed by atoms with Crippen LogP contribution >= 0.6 is 0 Å². The van der Waals surface area contributed by atoms with Crippen molar-refractivity contribution in [2.75, 3.05) is 12.3 Å². The molecule has 6 rings (SSSR count). The number of nitrogens with zero attached hydrogens (tertiary/aromatic N) is 4. The first-order valence-electron chi connectivity index (χ1n) is 12.2. The van der Waals surface area contributed by atoms with E-state index in [0.717, 1.165) is 46.2 Å². The van der Waals surface area contributed by atoms with Crippen LogP contribution in [0.2, 0.25) is 0 Å². The number of amides is 2. The number of carbonyl (C=O) groups is 2. The van der Waals surface area contributed by atoms with Crippen molar-refractivity contribution in [2.45, 2.75) is 44.6 Å². The minimum atomic E-state index is -4.78. The Labute approximate surface area is 210 Å². The Hall–Kier alpha value is -3.89. The molecule has 0 radical (unpaired) electrons. The minimum absolute atomic E-state index is 0.0683. The van der Waals surface area contributed by atoms with E-state index in [4.69, 9.17) is 5.73 Å². The second-order valence-electron chi connectivity index (χ2n) is 10.1. The fraction of sp³-hybridized carbons (Fsp3) is 0.385. The summed E-state index contributed by atoms with van der Waals surface area (Å²) in [6, 6.07) is 10.3. The summed E-state index contributed by atoms with van der Waals surface area (Å²) in [6.45, 7) is 1.39. The van der Waals surface area contributed by atoms with Gasteiger partial charge in [-0.2, -0.15) is 18.3 Å². The maximum atomic E-state index is 13.8. The lowest BCUT2D eigenvalue weighted by Crippen LogP contribution is -2.28. The molecule has 37 heavy (non-hydrogen) atoms. The first-order chi connectivity index (χ1) is 17.7. The zero-order valence-corrected chi connectivity index (χ0v) is 19.8. The number of pyridine rings is 1. The van der Waals surface area contributed by atoms with Crippen LogP contribution in [0.4, 0.5) is 19.0 Å². The Morgan fingerprint density at radius 1 is 1.11 bits per heavy atom. The molecule has 192 valence electrons. The molecule has 2 amide bonds. The largest absolute Gasteiger partial charge is 0.435 e. The molecule has 2 aromatic heterocycles. The number of hydrogen-bond donors (Lipinski definition) is 2. The van der Waals surface area contributed by atoms with Gasteiger partial charge in [0.2, 0.25) is 5.91 Å². The molecule has 8 nitrogen and oxygen atoms in total. The van der Waals surface area contributed by atoms with Crippen molar-refractivity contribution in [3.05, 3.63) is 76.2 Å². The lowest BCUT2D eigenvalue weighted by atomic mass is 10.1. The van der Waals surface area contributed by atoms with Crippen LogP contribution in [0.5, 0.6) is 0 Å². The van der Waals surface area contributed by atoms with Crippen molar-refractivity contribution in [1.82, 2.24) is 25.0 Å². The van der Waals surface area contributed by atoms with Crippen LogP contribution in [-0.2, 0) is 30.5 Å². The molecule has 1 saturated carbocycles. The third kappa shape index (κ3) is 4.54. The molecule has 3 heterocycles. The summed E-state index contributed by atoms with van der Waals surface area (Å²) in [4.78, 5) is 31.2. The highest BCUT2D eigenvalue weighted by Crippen LogP contribution is 2.46. The number of piperidine rings is 1. The predicted octanol–water partition coefficient (Wildman–Crippen LogP) is 3.32. The fourth-order valence-corrected chi connectivity index (χ4v) is 5.41. The number of nitrogens with one attached hydrogen (secondary N) is 1. The highest BCUT2D eigenvalue weighted by Gasteiger charge is 2.51. The molecule has 2 fully saturated rings. The molecule has 3 aliphatic rings. The van der Waals surface area contributed by atoms with Crippen LogP contribution < -0.4 is 11.1 Å². The third-order valence-electron chi connectivity index (χ3n) is 7.40. The second kappa shape index (κ2) is 8.60. The molecule has 3 N–H and O–H groups in total. The summed E-state index contributed by atoms with van der Waals surface area (Å²) in [6.07, 6.45) is -1.53. The lowest BCUT2D eigenvalue weighted by molar-refractivity contribution is -0.141. The van der Waals surface area contributed by atoms with Crippen molar-refractivity contribution >= 4 is 17.6 Å². The zero-order chi connectivity index (χ0) is 25.9. The Bertz CT molecular complexity index is 1380. The number of alkyl halides is 3. The molecular formula is C26H25F3N6O2. The number of fused-ring (bicyclic) bond motifs is 2. The number of anilines is 1. The maximum absolute atomic E-state index is 13.8. The van der Waals surface area contributed by atoms with Gasteiger partial charge in [-0.3, -0.25) is 14.3 Å². The van der Waals surface area contributed by atoms with Gasteiger partial charge in [-0.05, 0) is 47.9 Å². The van der Waals surface area contributed by atoms with Gasteiger partial charge in [-0.15, -0.1) is 0 Å². The van der Waals surface area contributed by atoms with E-state index in [0.29, 0.717) is 31.1 Å². The van der Waals surface area contributed by atoms with E-state index in [1.807, 2.05) is 17.0 Å². The molecule has 1 aliphatic heterocycles. The Morgan fingerprint density at radius 3 is 2.51 bits per heavy atom. The number of aromatic nitrogens is 3. The number of likely N-dealkylation sites (tertiary alicyclic amines) is 1. The minimum Gasteiger partial charge on any atom is -0.384 e. The normalized spacial score (nSPS) is 22.2.